The lowest BCUT2D eigenvalue weighted by Crippen LogP contribution is -2.46. The van der Waals surface area contributed by atoms with Crippen molar-refractivity contribution in [1.29, 1.82) is 0 Å². The molecule has 1 saturated heterocycles. The number of anilines is 2. The molecule has 0 saturated carbocycles. The standard InChI is InChI=1S/C24H30N4O4/c1-32-21-9-7-20(8-10-21)28(16-13-22(25)29)17-23(30)27-14-11-18(12-15-27)24(31)26-19-5-3-2-4-6-19/h2-10,18H,11-17H2,1H3,(H2,25,29)(H,26,31). The number of para-hydroxylation sites is 1. The van der Waals surface area contributed by atoms with Crippen LogP contribution in [0, 0.1) is 5.92 Å². The summed E-state index contributed by atoms with van der Waals surface area (Å²) >= 11 is 0. The van der Waals surface area contributed by atoms with Crippen LogP contribution < -0.4 is 20.7 Å². The Balaban J connectivity index is 1.55. The summed E-state index contributed by atoms with van der Waals surface area (Å²) in [5.74, 6) is 0.135. The van der Waals surface area contributed by atoms with Crippen LogP contribution in [-0.4, -0.2) is 55.9 Å². The van der Waals surface area contributed by atoms with Gasteiger partial charge >= 0.3 is 0 Å². The van der Waals surface area contributed by atoms with E-state index in [1.165, 1.54) is 0 Å². The van der Waals surface area contributed by atoms with E-state index in [4.69, 9.17) is 10.5 Å². The molecule has 3 rings (SSSR count). The van der Waals surface area contributed by atoms with E-state index in [1.54, 1.807) is 12.0 Å². The zero-order chi connectivity index (χ0) is 22.9. The van der Waals surface area contributed by atoms with Crippen LogP contribution >= 0.6 is 0 Å². The number of carbonyl (C=O) groups is 3. The third kappa shape index (κ3) is 6.47. The first-order chi connectivity index (χ1) is 15.5. The number of nitrogens with zero attached hydrogens (tertiary/aromatic N) is 2. The second kappa shape index (κ2) is 11.2. The lowest BCUT2D eigenvalue weighted by atomic mass is 9.95. The number of primary amides is 1. The molecule has 0 aromatic heterocycles. The van der Waals surface area contributed by atoms with E-state index in [9.17, 15) is 14.4 Å². The number of amides is 3. The van der Waals surface area contributed by atoms with Crippen LogP contribution in [0.5, 0.6) is 5.75 Å². The van der Waals surface area contributed by atoms with Crippen molar-refractivity contribution >= 4 is 29.1 Å². The minimum absolute atomic E-state index is 0.00961. The molecule has 170 valence electrons. The van der Waals surface area contributed by atoms with Gasteiger partial charge in [-0.2, -0.15) is 0 Å². The van der Waals surface area contributed by atoms with E-state index in [-0.39, 0.29) is 30.7 Å². The van der Waals surface area contributed by atoms with Crippen LogP contribution in [0.4, 0.5) is 11.4 Å². The second-order valence-electron chi connectivity index (χ2n) is 7.85. The van der Waals surface area contributed by atoms with Crippen LogP contribution in [0.3, 0.4) is 0 Å². The van der Waals surface area contributed by atoms with Gasteiger partial charge in [0.25, 0.3) is 0 Å². The highest BCUT2D eigenvalue weighted by Gasteiger charge is 2.28. The maximum absolute atomic E-state index is 13.0. The number of nitrogens with one attached hydrogen (secondary N) is 1. The number of nitrogens with two attached hydrogens (primary N) is 1. The molecule has 1 aliphatic heterocycles. The maximum Gasteiger partial charge on any atom is 0.242 e. The summed E-state index contributed by atoms with van der Waals surface area (Å²) in [4.78, 5) is 40.4. The Hall–Kier alpha value is -3.55. The van der Waals surface area contributed by atoms with Crippen LogP contribution in [0.2, 0.25) is 0 Å². The molecule has 8 heteroatoms. The molecule has 32 heavy (non-hydrogen) atoms. The first kappa shape index (κ1) is 23.1. The number of methoxy groups -OCH3 is 1. The molecule has 0 unspecified atom stereocenters. The van der Waals surface area contributed by atoms with Gasteiger partial charge in [-0.25, -0.2) is 0 Å². The summed E-state index contributed by atoms with van der Waals surface area (Å²) in [6.07, 6.45) is 1.39. The van der Waals surface area contributed by atoms with Gasteiger partial charge in [-0.05, 0) is 49.2 Å². The highest BCUT2D eigenvalue weighted by atomic mass is 16.5. The third-order valence-electron chi connectivity index (χ3n) is 5.65. The van der Waals surface area contributed by atoms with Crippen LogP contribution in [0.25, 0.3) is 0 Å². The van der Waals surface area contributed by atoms with Gasteiger partial charge < -0.3 is 25.6 Å². The minimum Gasteiger partial charge on any atom is -0.497 e. The Morgan fingerprint density at radius 1 is 1.06 bits per heavy atom. The lowest BCUT2D eigenvalue weighted by molar-refractivity contribution is -0.133. The van der Waals surface area contributed by atoms with Gasteiger partial charge in [0.1, 0.15) is 5.75 Å². The Morgan fingerprint density at radius 2 is 1.72 bits per heavy atom. The van der Waals surface area contributed by atoms with E-state index >= 15 is 0 Å². The SMILES string of the molecule is COc1ccc(N(CCC(N)=O)CC(=O)N2CCC(C(=O)Nc3ccccc3)CC2)cc1. The van der Waals surface area contributed by atoms with Crippen molar-refractivity contribution < 1.29 is 19.1 Å². The molecule has 2 aromatic rings. The van der Waals surface area contributed by atoms with Gasteiger partial charge in [0.15, 0.2) is 0 Å². The maximum atomic E-state index is 13.0. The van der Waals surface area contributed by atoms with E-state index in [0.29, 0.717) is 38.2 Å². The Labute approximate surface area is 188 Å². The molecule has 1 heterocycles. The van der Waals surface area contributed by atoms with Gasteiger partial charge in [-0.3, -0.25) is 14.4 Å². The van der Waals surface area contributed by atoms with Crippen molar-refractivity contribution in [3.63, 3.8) is 0 Å². The second-order valence-corrected chi connectivity index (χ2v) is 7.85. The molecule has 1 fully saturated rings. The van der Waals surface area contributed by atoms with Gasteiger partial charge in [0.2, 0.25) is 17.7 Å². The fraction of sp³-hybridized carbons (Fsp3) is 0.375. The molecule has 0 aliphatic carbocycles. The molecule has 0 spiro atoms. The minimum atomic E-state index is -0.416. The van der Waals surface area contributed by atoms with E-state index in [0.717, 1.165) is 11.4 Å². The molecular weight excluding hydrogens is 408 g/mol. The average Bonchev–Trinajstić information content (AvgIpc) is 2.82. The van der Waals surface area contributed by atoms with Crippen LogP contribution in [-0.2, 0) is 14.4 Å². The van der Waals surface area contributed by atoms with Crippen molar-refractivity contribution in [1.82, 2.24) is 4.90 Å². The molecule has 0 radical (unpaired) electrons. The molecule has 1 aliphatic rings. The number of carbonyl (C=O) groups excluding carboxylic acids is 3. The number of hydrogen-bond acceptors (Lipinski definition) is 5. The summed E-state index contributed by atoms with van der Waals surface area (Å²) in [7, 11) is 1.59. The van der Waals surface area contributed by atoms with Gasteiger partial charge in [-0.15, -0.1) is 0 Å². The fourth-order valence-corrected chi connectivity index (χ4v) is 3.76. The average molecular weight is 439 g/mol. The Kier molecular flexibility index (Phi) is 8.08. The van der Waals surface area contributed by atoms with Crippen molar-refractivity contribution in [2.24, 2.45) is 11.7 Å². The van der Waals surface area contributed by atoms with Gasteiger partial charge in [0.05, 0.1) is 13.7 Å². The topological polar surface area (TPSA) is 105 Å². The van der Waals surface area contributed by atoms with Crippen LogP contribution in [0.15, 0.2) is 54.6 Å². The Bertz CT molecular complexity index is 909. The summed E-state index contributed by atoms with van der Waals surface area (Å²) in [6, 6.07) is 16.7. The van der Waals surface area contributed by atoms with E-state index < -0.39 is 5.91 Å². The third-order valence-corrected chi connectivity index (χ3v) is 5.65. The highest BCUT2D eigenvalue weighted by molar-refractivity contribution is 5.92. The first-order valence-corrected chi connectivity index (χ1v) is 10.8. The summed E-state index contributed by atoms with van der Waals surface area (Å²) in [5.41, 5.74) is 6.91. The quantitative estimate of drug-likeness (QED) is 0.625. The predicted octanol–water partition coefficient (Wildman–Crippen LogP) is 2.25. The normalized spacial score (nSPS) is 14.0. The number of benzene rings is 2. The first-order valence-electron chi connectivity index (χ1n) is 10.8. The fourth-order valence-electron chi connectivity index (χ4n) is 3.76. The van der Waals surface area contributed by atoms with E-state index in [1.807, 2.05) is 59.5 Å². The monoisotopic (exact) mass is 438 g/mol. The summed E-state index contributed by atoms with van der Waals surface area (Å²) in [5, 5.41) is 2.94. The number of ether oxygens (including phenoxy) is 1. The largest absolute Gasteiger partial charge is 0.497 e. The molecule has 0 bridgehead atoms. The summed E-state index contributed by atoms with van der Waals surface area (Å²) in [6.45, 7) is 1.54. The Morgan fingerprint density at radius 3 is 2.31 bits per heavy atom. The van der Waals surface area contributed by atoms with E-state index in [2.05, 4.69) is 5.32 Å². The molecule has 2 aromatic carbocycles. The molecular formula is C24H30N4O4. The van der Waals surface area contributed by atoms with Crippen molar-refractivity contribution in [3.05, 3.63) is 54.6 Å². The van der Waals surface area contributed by atoms with Crippen molar-refractivity contribution in [2.45, 2.75) is 19.3 Å². The number of hydrogen-bond donors (Lipinski definition) is 2. The lowest BCUT2D eigenvalue weighted by Gasteiger charge is -2.33. The summed E-state index contributed by atoms with van der Waals surface area (Å²) < 4.78 is 5.19. The predicted molar refractivity (Wildman–Crippen MR) is 123 cm³/mol. The number of likely N-dealkylation sites (tertiary alicyclic amines) is 1. The molecule has 3 amide bonds. The molecule has 8 nitrogen and oxygen atoms in total. The molecule has 3 N–H and O–H groups in total. The number of piperidine rings is 1. The zero-order valence-electron chi connectivity index (χ0n) is 18.3. The van der Waals surface area contributed by atoms with Gasteiger partial charge in [0, 0.05) is 43.3 Å². The highest BCUT2D eigenvalue weighted by Crippen LogP contribution is 2.22. The van der Waals surface area contributed by atoms with Crippen molar-refractivity contribution in [2.75, 3.05) is 43.5 Å². The number of rotatable bonds is 9. The zero-order valence-corrected chi connectivity index (χ0v) is 18.3. The van der Waals surface area contributed by atoms with Crippen molar-refractivity contribution in [3.8, 4) is 5.75 Å². The van der Waals surface area contributed by atoms with Crippen LogP contribution in [0.1, 0.15) is 19.3 Å². The smallest absolute Gasteiger partial charge is 0.242 e. The van der Waals surface area contributed by atoms with Gasteiger partial charge in [-0.1, -0.05) is 18.2 Å². The molecule has 0 atom stereocenters.